The molecule has 0 aliphatic rings. The summed E-state index contributed by atoms with van der Waals surface area (Å²) >= 11 is 16.7. The standard InChI is InChI=1S/C13H17IN2.3C12H18IN.3C11H16IN/c1-9(16(2)3)8-11-10-6-4-5-7-12(10)15-13(11)14;1-9-5-6-11(8-12(9)13)7-10(2)14(3)4;1-9-5-6-12(13)11(7-9)8-10(2)14(3)4;1-9-5-6-11(12(13)7-9)8-10(2)14(3)4;1-9(13(2)3)8-10-4-6-11(12)7-5-10;1-9(13(2)3)7-10-5-4-6-11(12)8-10;1-9(13(2)3)8-10-6-4-5-7-11(10)12/h4-7,9,15H,8H2,1-3H3;5-6,8,10H,7H2,1-4H3;2*5-7,10H,8H2,1-4H3;4-7,9H,8H2,1-3H3;4-6,8-9H,7H2,1-3H3;4-7,9H,8H2,1-3H3/t9-;3*10-;3*9-/m1111111/s1. The van der Waals surface area contributed by atoms with E-state index in [4.69, 9.17) is 0 Å². The Balaban J connectivity index is 0.000000386. The van der Waals surface area contributed by atoms with Gasteiger partial charge in [-0.1, -0.05) is 108 Å². The van der Waals surface area contributed by atoms with Crippen LogP contribution < -0.4 is 0 Å². The van der Waals surface area contributed by atoms with Gasteiger partial charge in [0.1, 0.15) is 0 Å². The molecule has 0 aliphatic carbocycles. The monoisotopic (exact) mass is 2100 g/mol. The number of nitrogens with one attached hydrogen (secondary N) is 1. The summed E-state index contributed by atoms with van der Waals surface area (Å²) in [5, 5.41) is 1.36. The third-order valence-corrected chi connectivity index (χ3v) is 24.6. The maximum atomic E-state index is 3.44. The molecule has 0 spiro atoms. The van der Waals surface area contributed by atoms with Crippen LogP contribution in [0.3, 0.4) is 0 Å². The zero-order chi connectivity index (χ0) is 73.4. The van der Waals surface area contributed by atoms with Gasteiger partial charge in [-0.15, -0.1) is 0 Å². The van der Waals surface area contributed by atoms with Crippen molar-refractivity contribution in [2.75, 3.05) is 98.7 Å². The molecule has 1 N–H and O–H groups in total. The average molecular weight is 2110 g/mol. The van der Waals surface area contributed by atoms with Crippen molar-refractivity contribution < 1.29 is 0 Å². The third kappa shape index (κ3) is 37.4. The van der Waals surface area contributed by atoms with Gasteiger partial charge in [0.05, 0.1) is 3.70 Å². The lowest BCUT2D eigenvalue weighted by Gasteiger charge is -2.20. The predicted molar refractivity (Wildman–Crippen MR) is 488 cm³/mol. The van der Waals surface area contributed by atoms with Crippen LogP contribution in [0.1, 0.15) is 104 Å². The highest BCUT2D eigenvalue weighted by molar-refractivity contribution is 14.1. The Bertz CT molecular complexity index is 3470. The van der Waals surface area contributed by atoms with Crippen LogP contribution in [-0.2, 0) is 44.9 Å². The molecule has 8 nitrogen and oxygen atoms in total. The number of para-hydroxylation sites is 1. The van der Waals surface area contributed by atoms with Gasteiger partial charge in [-0.2, -0.15) is 0 Å². The first-order valence-corrected chi connectivity index (χ1v) is 41.3. The van der Waals surface area contributed by atoms with Gasteiger partial charge >= 0.3 is 0 Å². The largest absolute Gasteiger partial charge is 0.350 e. The van der Waals surface area contributed by atoms with Crippen molar-refractivity contribution in [2.45, 2.75) is 156 Å². The van der Waals surface area contributed by atoms with Crippen LogP contribution in [0.4, 0.5) is 0 Å². The summed E-state index contributed by atoms with van der Waals surface area (Å²) in [6, 6.07) is 58.8. The number of rotatable bonds is 21. The highest BCUT2D eigenvalue weighted by atomic mass is 127. The number of aryl methyl sites for hydroxylation is 3. The average Bonchev–Trinajstić information content (AvgIpc) is 1.67. The normalized spacial score (nSPS) is 13.3. The number of nitrogens with zero attached hydrogens (tertiary/aromatic N) is 7. The van der Waals surface area contributed by atoms with Crippen molar-refractivity contribution in [3.05, 3.63) is 232 Å². The Morgan fingerprint density at radius 3 is 1.19 bits per heavy atom. The van der Waals surface area contributed by atoms with Gasteiger partial charge in [0.25, 0.3) is 0 Å². The van der Waals surface area contributed by atoms with E-state index in [9.17, 15) is 0 Å². The van der Waals surface area contributed by atoms with E-state index in [1.165, 1.54) is 91.7 Å². The number of likely N-dealkylation sites (N-methyl/N-ethyl adjacent to an activating group) is 7. The molecule has 7 aromatic carbocycles. The lowest BCUT2D eigenvalue weighted by molar-refractivity contribution is 0.312. The van der Waals surface area contributed by atoms with Crippen molar-refractivity contribution in [1.29, 1.82) is 0 Å². The molecule has 0 saturated carbocycles. The molecule has 1 heterocycles. The van der Waals surface area contributed by atoms with E-state index < -0.39 is 0 Å². The molecule has 0 bridgehead atoms. The fourth-order valence-electron chi connectivity index (χ4n) is 9.31. The molecular formula is C82H119I7N8. The van der Waals surface area contributed by atoms with E-state index in [2.05, 4.69) is 517 Å². The highest BCUT2D eigenvalue weighted by Gasteiger charge is 2.15. The van der Waals surface area contributed by atoms with Crippen LogP contribution in [0.15, 0.2) is 152 Å². The van der Waals surface area contributed by atoms with Crippen molar-refractivity contribution in [3.8, 4) is 0 Å². The van der Waals surface area contributed by atoms with Gasteiger partial charge in [-0.05, 0) is 470 Å². The number of hydrogen-bond acceptors (Lipinski definition) is 7. The molecule has 8 aromatic rings. The maximum Gasteiger partial charge on any atom is 0.0815 e. The summed E-state index contributed by atoms with van der Waals surface area (Å²) < 4.78 is 9.39. The molecule has 0 amide bonds. The summed E-state index contributed by atoms with van der Waals surface area (Å²) in [7, 11) is 29.8. The minimum Gasteiger partial charge on any atom is -0.350 e. The molecule has 0 aliphatic heterocycles. The predicted octanol–water partition coefficient (Wildman–Crippen LogP) is 20.9. The van der Waals surface area contributed by atoms with E-state index in [0.29, 0.717) is 42.3 Å². The van der Waals surface area contributed by atoms with Crippen LogP contribution in [0.5, 0.6) is 0 Å². The molecule has 97 heavy (non-hydrogen) atoms. The number of benzene rings is 7. The summed E-state index contributed by atoms with van der Waals surface area (Å²) in [5.41, 5.74) is 15.4. The Hall–Kier alpha value is -1.09. The number of aromatic amines is 1. The summed E-state index contributed by atoms with van der Waals surface area (Å²) in [6.45, 7) is 22.2. The quantitative estimate of drug-likeness (QED) is 0.0719. The minimum absolute atomic E-state index is 0.563. The lowest BCUT2D eigenvalue weighted by Crippen LogP contribution is -2.26. The zero-order valence-corrected chi connectivity index (χ0v) is 78.3. The SMILES string of the molecule is C[C@H](Cc1c(I)[nH]c2ccccc12)N(C)C.C[C@H](Cc1ccc(I)cc1)N(C)C.C[C@H](Cc1cccc(I)c1)N(C)C.C[C@H](Cc1ccccc1I)N(C)C.Cc1ccc(C[C@@H](C)N(C)C)c(I)c1.Cc1ccc(C[C@@H](C)N(C)C)cc1I.Cc1ccc(I)c(C[C@@H](C)N(C)C)c1. The fraction of sp³-hybridized carbons (Fsp3) is 0.463. The Kier molecular flexibility index (Phi) is 46.3. The fourth-order valence-corrected chi connectivity index (χ4v) is 13.7. The van der Waals surface area contributed by atoms with Crippen molar-refractivity contribution in [2.24, 2.45) is 0 Å². The Morgan fingerprint density at radius 2 is 0.701 bits per heavy atom. The van der Waals surface area contributed by atoms with Gasteiger partial charge in [-0.25, -0.2) is 0 Å². The minimum atomic E-state index is 0.563. The molecule has 1 aromatic heterocycles. The molecular weight excluding hydrogens is 1990 g/mol. The Labute approximate surface area is 687 Å². The first-order chi connectivity index (χ1) is 45.4. The van der Waals surface area contributed by atoms with Crippen LogP contribution in [0.25, 0.3) is 10.9 Å². The van der Waals surface area contributed by atoms with Crippen LogP contribution in [0.2, 0.25) is 0 Å². The molecule has 0 fully saturated rings. The molecule has 0 saturated heterocycles. The van der Waals surface area contributed by atoms with Crippen LogP contribution in [0, 0.1) is 45.9 Å². The van der Waals surface area contributed by atoms with E-state index in [1.54, 1.807) is 0 Å². The third-order valence-electron chi connectivity index (χ3n) is 18.0. The summed E-state index contributed by atoms with van der Waals surface area (Å²) in [4.78, 5) is 19.2. The molecule has 0 radical (unpaired) electrons. The number of aromatic nitrogens is 1. The first-order valence-electron chi connectivity index (χ1n) is 33.8. The van der Waals surface area contributed by atoms with Crippen molar-refractivity contribution in [3.63, 3.8) is 0 Å². The van der Waals surface area contributed by atoms with Gasteiger partial charge in [-0.3, -0.25) is 0 Å². The molecule has 7 atom stereocenters. The topological polar surface area (TPSA) is 38.5 Å². The van der Waals surface area contributed by atoms with Crippen molar-refractivity contribution in [1.82, 2.24) is 39.3 Å². The summed E-state index contributed by atoms with van der Waals surface area (Å²) in [5.74, 6) is 0. The number of hydrogen-bond donors (Lipinski definition) is 1. The second-order valence-electron chi connectivity index (χ2n) is 27.7. The van der Waals surface area contributed by atoms with E-state index >= 15 is 0 Å². The van der Waals surface area contributed by atoms with Crippen LogP contribution >= 0.6 is 158 Å². The van der Waals surface area contributed by atoms with Gasteiger partial charge < -0.3 is 39.3 Å². The van der Waals surface area contributed by atoms with Gasteiger partial charge in [0.15, 0.2) is 0 Å². The van der Waals surface area contributed by atoms with Gasteiger partial charge in [0, 0.05) is 74.6 Å². The second kappa shape index (κ2) is 48.8. The van der Waals surface area contributed by atoms with Crippen molar-refractivity contribution >= 4 is 169 Å². The highest BCUT2D eigenvalue weighted by Crippen LogP contribution is 2.26. The zero-order valence-electron chi connectivity index (χ0n) is 63.2. The second-order valence-corrected chi connectivity index (χ2v) is 35.9. The smallest absolute Gasteiger partial charge is 0.0815 e. The molecule has 8 rings (SSSR count). The number of halogens is 7. The first kappa shape index (κ1) is 92.0. The maximum absolute atomic E-state index is 3.44. The summed E-state index contributed by atoms with van der Waals surface area (Å²) in [6.07, 6.45) is 7.87. The molecule has 15 heteroatoms. The van der Waals surface area contributed by atoms with E-state index in [1.807, 2.05) is 0 Å². The molecule has 0 unspecified atom stereocenters. The van der Waals surface area contributed by atoms with E-state index in [0.717, 1.165) is 44.9 Å². The number of H-pyrrole nitrogens is 1. The Morgan fingerprint density at radius 1 is 0.299 bits per heavy atom. The van der Waals surface area contributed by atoms with Gasteiger partial charge in [0.2, 0.25) is 0 Å². The van der Waals surface area contributed by atoms with Crippen LogP contribution in [-0.4, -0.2) is 180 Å². The lowest BCUT2D eigenvalue weighted by atomic mass is 10.0. The van der Waals surface area contributed by atoms with E-state index in [-0.39, 0.29) is 0 Å². The number of fused-ring (bicyclic) bond motifs is 1. The molecule has 536 valence electrons.